The van der Waals surface area contributed by atoms with Gasteiger partial charge < -0.3 is 5.32 Å². The molecule has 0 unspecified atom stereocenters. The third kappa shape index (κ3) is 3.82. The largest absolute Gasteiger partial charge is 0.305 e. The molecule has 0 aliphatic rings. The number of rotatable bonds is 4. The number of carbonyl (C=O) groups excluding carboxylic acids is 1. The van der Waals surface area contributed by atoms with Crippen LogP contribution in [-0.2, 0) is 11.3 Å². The van der Waals surface area contributed by atoms with E-state index in [4.69, 9.17) is 0 Å². The lowest BCUT2D eigenvalue weighted by Crippen LogP contribution is -2.19. The Morgan fingerprint density at radius 2 is 2.15 bits per heavy atom. The predicted octanol–water partition coefficient (Wildman–Crippen LogP) is 1.88. The van der Waals surface area contributed by atoms with Crippen LogP contribution in [0.2, 0.25) is 0 Å². The molecule has 0 heterocycles. The second-order valence-electron chi connectivity index (χ2n) is 2.55. The van der Waals surface area contributed by atoms with E-state index < -0.39 is 0 Å². The van der Waals surface area contributed by atoms with E-state index in [0.29, 0.717) is 12.1 Å². The number of hydrogen-bond acceptors (Lipinski definition) is 2. The molecule has 4 heteroatoms. The van der Waals surface area contributed by atoms with Gasteiger partial charge in [-0.2, -0.15) is 0 Å². The highest BCUT2D eigenvalue weighted by molar-refractivity contribution is 14.1. The van der Waals surface area contributed by atoms with Gasteiger partial charge >= 0.3 is 0 Å². The van der Waals surface area contributed by atoms with E-state index >= 15 is 0 Å². The average molecular weight is 293 g/mol. The zero-order valence-electron chi connectivity index (χ0n) is 6.89. The zero-order valence-corrected chi connectivity index (χ0v) is 9.05. The van der Waals surface area contributed by atoms with Crippen LogP contribution >= 0.6 is 22.6 Å². The van der Waals surface area contributed by atoms with Gasteiger partial charge in [-0.3, -0.25) is 4.79 Å². The lowest BCUT2D eigenvalue weighted by molar-refractivity contribution is -0.108. The van der Waals surface area contributed by atoms with E-state index in [9.17, 15) is 9.18 Å². The van der Waals surface area contributed by atoms with E-state index in [0.717, 1.165) is 0 Å². The Morgan fingerprint density at radius 1 is 1.46 bits per heavy atom. The molecule has 0 atom stereocenters. The summed E-state index contributed by atoms with van der Waals surface area (Å²) in [6, 6.07) is 6.51. The van der Waals surface area contributed by atoms with Gasteiger partial charge in [0.1, 0.15) is 5.82 Å². The predicted molar refractivity (Wildman–Crippen MR) is 57.1 cm³/mol. The number of carbonyl (C=O) groups is 1. The van der Waals surface area contributed by atoms with Gasteiger partial charge in [0.25, 0.3) is 0 Å². The Bertz CT molecular complexity index is 303. The van der Waals surface area contributed by atoms with E-state index in [2.05, 4.69) is 5.32 Å². The molecule has 1 aromatic rings. The summed E-state index contributed by atoms with van der Waals surface area (Å²) in [4.78, 5) is 10.5. The summed E-state index contributed by atoms with van der Waals surface area (Å²) in [6.07, 6.45) is 0. The minimum Gasteiger partial charge on any atom is -0.305 e. The highest BCUT2D eigenvalue weighted by Crippen LogP contribution is 2.05. The first-order valence-corrected chi connectivity index (χ1v) is 4.90. The molecule has 2 nitrogen and oxygen atoms in total. The monoisotopic (exact) mass is 293 g/mol. The molecule has 0 fully saturated rings. The Kier molecular flexibility index (Phi) is 4.31. The lowest BCUT2D eigenvalue weighted by Gasteiger charge is -2.02. The molecule has 0 aliphatic heterocycles. The van der Waals surface area contributed by atoms with Gasteiger partial charge in [0, 0.05) is 34.7 Å². The van der Waals surface area contributed by atoms with Crippen LogP contribution in [0.25, 0.3) is 0 Å². The first-order valence-electron chi connectivity index (χ1n) is 3.82. The van der Waals surface area contributed by atoms with Crippen LogP contribution in [0.5, 0.6) is 0 Å². The summed E-state index contributed by atoms with van der Waals surface area (Å²) >= 11 is 1.70. The maximum Gasteiger partial charge on any atom is 0.206 e. The van der Waals surface area contributed by atoms with Crippen molar-refractivity contribution in [2.45, 2.75) is 6.54 Å². The van der Waals surface area contributed by atoms with Crippen LogP contribution in [0.3, 0.4) is 0 Å². The summed E-state index contributed by atoms with van der Waals surface area (Å²) < 4.78 is 13.0. The third-order valence-corrected chi connectivity index (χ3v) is 1.92. The molecule has 13 heavy (non-hydrogen) atoms. The summed E-state index contributed by atoms with van der Waals surface area (Å²) in [5.41, 5.74) is 0.583. The van der Waals surface area contributed by atoms with Crippen molar-refractivity contribution in [2.75, 3.05) is 6.54 Å². The van der Waals surface area contributed by atoms with Gasteiger partial charge in [0.15, 0.2) is 0 Å². The van der Waals surface area contributed by atoms with Gasteiger partial charge in [0.05, 0.1) is 6.54 Å². The van der Waals surface area contributed by atoms with Crippen molar-refractivity contribution in [1.82, 2.24) is 5.32 Å². The van der Waals surface area contributed by atoms with Gasteiger partial charge in [-0.05, 0) is 6.07 Å². The standard InChI is InChI=1S/C9H9FINO/c10-8-4-2-1-3-7(8)5-12-6-9(11)13/h1-4,12H,5-6H2. The van der Waals surface area contributed by atoms with Crippen molar-refractivity contribution in [3.8, 4) is 0 Å². The van der Waals surface area contributed by atoms with Crippen molar-refractivity contribution in [3.05, 3.63) is 35.6 Å². The van der Waals surface area contributed by atoms with Crippen LogP contribution in [-0.4, -0.2) is 10.3 Å². The second-order valence-corrected chi connectivity index (χ2v) is 3.75. The smallest absolute Gasteiger partial charge is 0.206 e. The summed E-state index contributed by atoms with van der Waals surface area (Å²) in [5, 5.41) is 2.84. The molecule has 0 amide bonds. The average Bonchev–Trinajstić information content (AvgIpc) is 2.08. The zero-order chi connectivity index (χ0) is 9.68. The number of nitrogens with one attached hydrogen (secondary N) is 1. The molecule has 0 aromatic heterocycles. The number of halogens is 2. The van der Waals surface area contributed by atoms with Gasteiger partial charge in [-0.1, -0.05) is 18.2 Å². The van der Waals surface area contributed by atoms with E-state index in [1.807, 2.05) is 0 Å². The SMILES string of the molecule is O=C(I)CNCc1ccccc1F. The maximum atomic E-state index is 13.0. The molecule has 1 aromatic carbocycles. The fourth-order valence-electron chi connectivity index (χ4n) is 0.937. The van der Waals surface area contributed by atoms with E-state index in [1.165, 1.54) is 6.07 Å². The minimum atomic E-state index is -0.240. The summed E-state index contributed by atoms with van der Waals surface area (Å²) in [6.45, 7) is 0.663. The first-order chi connectivity index (χ1) is 6.20. The summed E-state index contributed by atoms with van der Waals surface area (Å²) in [5.74, 6) is -0.240. The molecule has 0 spiro atoms. The molecule has 0 saturated carbocycles. The van der Waals surface area contributed by atoms with Crippen LogP contribution in [0, 0.1) is 5.82 Å². The van der Waals surface area contributed by atoms with Crippen LogP contribution in [0.4, 0.5) is 4.39 Å². The quantitative estimate of drug-likeness (QED) is 0.678. The van der Waals surface area contributed by atoms with Gasteiger partial charge in [0.2, 0.25) is 3.79 Å². The third-order valence-electron chi connectivity index (χ3n) is 1.54. The molecular formula is C9H9FINO. The van der Waals surface area contributed by atoms with E-state index in [-0.39, 0.29) is 16.2 Å². The Labute approximate surface area is 89.7 Å². The van der Waals surface area contributed by atoms with Crippen LogP contribution < -0.4 is 5.32 Å². The molecule has 1 N–H and O–H groups in total. The lowest BCUT2D eigenvalue weighted by atomic mass is 10.2. The van der Waals surface area contributed by atoms with Gasteiger partial charge in [-0.25, -0.2) is 4.39 Å². The molecule has 0 aliphatic carbocycles. The van der Waals surface area contributed by atoms with Crippen molar-refractivity contribution >= 4 is 26.4 Å². The van der Waals surface area contributed by atoms with Crippen molar-refractivity contribution < 1.29 is 9.18 Å². The molecule has 0 saturated heterocycles. The summed E-state index contributed by atoms with van der Waals surface area (Å²) in [7, 11) is 0. The second kappa shape index (κ2) is 5.29. The number of hydrogen-bond donors (Lipinski definition) is 1. The van der Waals surface area contributed by atoms with Gasteiger partial charge in [-0.15, -0.1) is 0 Å². The van der Waals surface area contributed by atoms with Crippen molar-refractivity contribution in [2.24, 2.45) is 0 Å². The molecule has 70 valence electrons. The Hall–Kier alpha value is -0.490. The van der Waals surface area contributed by atoms with E-state index in [1.54, 1.807) is 40.8 Å². The van der Waals surface area contributed by atoms with Crippen LogP contribution in [0.1, 0.15) is 5.56 Å². The fourth-order valence-corrected chi connectivity index (χ4v) is 1.21. The number of benzene rings is 1. The minimum absolute atomic E-state index is 0.0222. The Morgan fingerprint density at radius 3 is 2.77 bits per heavy atom. The molecular weight excluding hydrogens is 284 g/mol. The molecule has 0 radical (unpaired) electrons. The molecule has 0 bridgehead atoms. The normalized spacial score (nSPS) is 10.0. The topological polar surface area (TPSA) is 29.1 Å². The maximum absolute atomic E-state index is 13.0. The van der Waals surface area contributed by atoms with Crippen LogP contribution in [0.15, 0.2) is 24.3 Å². The highest BCUT2D eigenvalue weighted by Gasteiger charge is 2.00. The fraction of sp³-hybridized carbons (Fsp3) is 0.222. The van der Waals surface area contributed by atoms with Crippen molar-refractivity contribution in [1.29, 1.82) is 0 Å². The molecule has 1 rings (SSSR count). The Balaban J connectivity index is 2.45. The van der Waals surface area contributed by atoms with Crippen molar-refractivity contribution in [3.63, 3.8) is 0 Å². The first kappa shape index (κ1) is 10.6. The highest BCUT2D eigenvalue weighted by atomic mass is 127.